The molecule has 1 fully saturated rings. The van der Waals surface area contributed by atoms with Crippen molar-refractivity contribution in [3.8, 4) is 0 Å². The summed E-state index contributed by atoms with van der Waals surface area (Å²) in [7, 11) is 0. The lowest BCUT2D eigenvalue weighted by Gasteiger charge is -2.31. The molecule has 0 atom stereocenters. The molecule has 2 amide bonds. The molecule has 6 heteroatoms. The first kappa shape index (κ1) is 23.6. The molecular formula is C26H31FN2O3. The number of hydrogen-bond acceptors (Lipinski definition) is 3. The van der Waals surface area contributed by atoms with Crippen LogP contribution in [0.1, 0.15) is 52.7 Å². The zero-order valence-electron chi connectivity index (χ0n) is 18.8. The van der Waals surface area contributed by atoms with Gasteiger partial charge in [0.25, 0.3) is 0 Å². The number of nitrogens with zero attached hydrogens (tertiary/aromatic N) is 1. The second kappa shape index (κ2) is 11.0. The molecule has 3 rings (SSSR count). The second-order valence-corrected chi connectivity index (χ2v) is 8.51. The van der Waals surface area contributed by atoms with Crippen molar-refractivity contribution < 1.29 is 18.8 Å². The molecule has 170 valence electrons. The maximum atomic E-state index is 13.7. The summed E-state index contributed by atoms with van der Waals surface area (Å²) in [6, 6.07) is 12.2. The van der Waals surface area contributed by atoms with Crippen LogP contribution < -0.4 is 5.32 Å². The lowest BCUT2D eigenvalue weighted by atomic mass is 9.95. The van der Waals surface area contributed by atoms with Crippen molar-refractivity contribution in [1.82, 2.24) is 10.2 Å². The molecule has 0 bridgehead atoms. The number of amides is 2. The molecule has 0 unspecified atom stereocenters. The molecule has 1 saturated heterocycles. The van der Waals surface area contributed by atoms with Gasteiger partial charge in [-0.05, 0) is 61.9 Å². The maximum absolute atomic E-state index is 13.7. The van der Waals surface area contributed by atoms with Gasteiger partial charge in [-0.15, -0.1) is 0 Å². The first-order valence-corrected chi connectivity index (χ1v) is 11.2. The molecule has 0 radical (unpaired) electrons. The topological polar surface area (TPSA) is 66.5 Å². The number of carbonyl (C=O) groups excluding carboxylic acids is 3. The summed E-state index contributed by atoms with van der Waals surface area (Å²) in [4.78, 5) is 39.1. The van der Waals surface area contributed by atoms with E-state index in [4.69, 9.17) is 0 Å². The van der Waals surface area contributed by atoms with Gasteiger partial charge in [-0.3, -0.25) is 14.4 Å². The van der Waals surface area contributed by atoms with E-state index < -0.39 is 0 Å². The third kappa shape index (κ3) is 6.25. The Morgan fingerprint density at radius 2 is 1.72 bits per heavy atom. The molecule has 5 nitrogen and oxygen atoms in total. The van der Waals surface area contributed by atoms with Gasteiger partial charge in [-0.2, -0.15) is 0 Å². The minimum atomic E-state index is -0.260. The molecule has 0 aliphatic carbocycles. The molecule has 2 aromatic carbocycles. The zero-order chi connectivity index (χ0) is 23.1. The van der Waals surface area contributed by atoms with Crippen LogP contribution in [0.25, 0.3) is 0 Å². The zero-order valence-corrected chi connectivity index (χ0v) is 18.8. The Morgan fingerprint density at radius 3 is 2.41 bits per heavy atom. The van der Waals surface area contributed by atoms with Crippen LogP contribution in [-0.2, 0) is 16.0 Å². The lowest BCUT2D eigenvalue weighted by molar-refractivity contribution is -0.135. The summed E-state index contributed by atoms with van der Waals surface area (Å²) < 4.78 is 13.7. The summed E-state index contributed by atoms with van der Waals surface area (Å²) in [6.07, 6.45) is 2.03. The van der Waals surface area contributed by atoms with E-state index in [1.54, 1.807) is 23.1 Å². The van der Waals surface area contributed by atoms with Crippen LogP contribution in [0.3, 0.4) is 0 Å². The Bertz CT molecular complexity index is 981. The average molecular weight is 439 g/mol. The smallest absolute Gasteiger partial charge is 0.223 e. The molecule has 1 aliphatic heterocycles. The first-order chi connectivity index (χ1) is 15.3. The number of aryl methyl sites for hydroxylation is 2. The van der Waals surface area contributed by atoms with Crippen molar-refractivity contribution in [3.05, 3.63) is 70.5 Å². The van der Waals surface area contributed by atoms with Gasteiger partial charge >= 0.3 is 0 Å². The minimum Gasteiger partial charge on any atom is -0.356 e. The highest BCUT2D eigenvalue weighted by Gasteiger charge is 2.27. The van der Waals surface area contributed by atoms with Gasteiger partial charge in [0.15, 0.2) is 5.78 Å². The van der Waals surface area contributed by atoms with E-state index in [-0.39, 0.29) is 42.2 Å². The van der Waals surface area contributed by atoms with E-state index in [1.807, 2.05) is 32.0 Å². The maximum Gasteiger partial charge on any atom is 0.223 e. The average Bonchev–Trinajstić information content (AvgIpc) is 2.80. The third-order valence-electron chi connectivity index (χ3n) is 6.26. The van der Waals surface area contributed by atoms with Gasteiger partial charge in [-0.1, -0.05) is 30.3 Å². The molecule has 0 saturated carbocycles. The number of halogens is 1. The predicted octanol–water partition coefficient (Wildman–Crippen LogP) is 4.00. The summed E-state index contributed by atoms with van der Waals surface area (Å²) in [5.41, 5.74) is 3.43. The molecule has 1 aliphatic rings. The quantitative estimate of drug-likeness (QED) is 0.634. The fourth-order valence-corrected chi connectivity index (χ4v) is 3.99. The highest BCUT2D eigenvalue weighted by atomic mass is 19.1. The number of rotatable bonds is 8. The van der Waals surface area contributed by atoms with Crippen molar-refractivity contribution >= 4 is 17.6 Å². The fourth-order valence-electron chi connectivity index (χ4n) is 3.99. The summed E-state index contributed by atoms with van der Waals surface area (Å²) >= 11 is 0. The Kier molecular flexibility index (Phi) is 8.14. The minimum absolute atomic E-state index is 0.0226. The molecule has 32 heavy (non-hydrogen) atoms. The summed E-state index contributed by atoms with van der Waals surface area (Å²) in [6.45, 7) is 5.39. The fraction of sp³-hybridized carbons (Fsp3) is 0.423. The molecule has 1 N–H and O–H groups in total. The number of carbonyl (C=O) groups is 3. The lowest BCUT2D eigenvalue weighted by Crippen LogP contribution is -2.43. The van der Waals surface area contributed by atoms with Crippen molar-refractivity contribution in [3.63, 3.8) is 0 Å². The number of nitrogens with one attached hydrogen (secondary N) is 1. The normalized spacial score (nSPS) is 14.3. The van der Waals surface area contributed by atoms with Gasteiger partial charge in [-0.25, -0.2) is 4.39 Å². The van der Waals surface area contributed by atoms with E-state index in [2.05, 4.69) is 5.32 Å². The van der Waals surface area contributed by atoms with E-state index >= 15 is 0 Å². The second-order valence-electron chi connectivity index (χ2n) is 8.51. The standard InChI is InChI=1S/C26H31FN2O3/c1-18-7-8-22(17-19(18)2)24(30)9-10-25(31)29-15-12-21(13-16-29)26(32)28-14-11-20-5-3-4-6-23(20)27/h3-8,17,21H,9-16H2,1-2H3,(H,28,32). The largest absolute Gasteiger partial charge is 0.356 e. The van der Waals surface area contributed by atoms with Crippen LogP contribution in [0.15, 0.2) is 42.5 Å². The van der Waals surface area contributed by atoms with E-state index in [1.165, 1.54) is 6.07 Å². The highest BCUT2D eigenvalue weighted by Crippen LogP contribution is 2.19. The van der Waals surface area contributed by atoms with Crippen LogP contribution in [0.2, 0.25) is 0 Å². The van der Waals surface area contributed by atoms with Crippen molar-refractivity contribution in [1.29, 1.82) is 0 Å². The van der Waals surface area contributed by atoms with Crippen molar-refractivity contribution in [2.45, 2.75) is 46.0 Å². The van der Waals surface area contributed by atoms with Crippen LogP contribution >= 0.6 is 0 Å². The van der Waals surface area contributed by atoms with Gasteiger partial charge in [0.1, 0.15) is 5.82 Å². The number of benzene rings is 2. The highest BCUT2D eigenvalue weighted by molar-refractivity contribution is 5.98. The van der Waals surface area contributed by atoms with Crippen LogP contribution in [-0.4, -0.2) is 42.1 Å². The van der Waals surface area contributed by atoms with Crippen LogP contribution in [0.4, 0.5) is 4.39 Å². The Labute approximate surface area is 189 Å². The van der Waals surface area contributed by atoms with E-state index in [0.717, 1.165) is 11.1 Å². The van der Waals surface area contributed by atoms with E-state index in [0.29, 0.717) is 50.0 Å². The van der Waals surface area contributed by atoms with Crippen molar-refractivity contribution in [2.75, 3.05) is 19.6 Å². The third-order valence-corrected chi connectivity index (χ3v) is 6.26. The number of likely N-dealkylation sites (tertiary alicyclic amines) is 1. The van der Waals surface area contributed by atoms with Gasteiger partial charge in [0.2, 0.25) is 11.8 Å². The first-order valence-electron chi connectivity index (χ1n) is 11.2. The number of piperidine rings is 1. The Morgan fingerprint density at radius 1 is 1.00 bits per heavy atom. The van der Waals surface area contributed by atoms with Gasteiger partial charge < -0.3 is 10.2 Å². The van der Waals surface area contributed by atoms with Crippen molar-refractivity contribution in [2.24, 2.45) is 5.92 Å². The summed E-state index contributed by atoms with van der Waals surface area (Å²) in [5, 5.41) is 2.89. The molecule has 1 heterocycles. The van der Waals surface area contributed by atoms with Crippen LogP contribution in [0, 0.1) is 25.6 Å². The molecule has 0 spiro atoms. The number of Topliss-reactive ketones (excluding diaryl/α,β-unsaturated/α-hetero) is 1. The monoisotopic (exact) mass is 438 g/mol. The molecule has 0 aromatic heterocycles. The van der Waals surface area contributed by atoms with E-state index in [9.17, 15) is 18.8 Å². The molecular weight excluding hydrogens is 407 g/mol. The predicted molar refractivity (Wildman–Crippen MR) is 122 cm³/mol. The van der Waals surface area contributed by atoms with Gasteiger partial charge in [0.05, 0.1) is 0 Å². The SMILES string of the molecule is Cc1ccc(C(=O)CCC(=O)N2CCC(C(=O)NCCc3ccccc3F)CC2)cc1C. The van der Waals surface area contributed by atoms with Gasteiger partial charge in [0, 0.05) is 44.0 Å². The van der Waals surface area contributed by atoms with Crippen LogP contribution in [0.5, 0.6) is 0 Å². The number of hydrogen-bond donors (Lipinski definition) is 1. The summed E-state index contributed by atoms with van der Waals surface area (Å²) in [5.74, 6) is -0.508. The molecule has 2 aromatic rings. The Hall–Kier alpha value is -3.02. The Balaban J connectivity index is 1.38. The number of ketones is 1.